The van der Waals surface area contributed by atoms with Crippen molar-refractivity contribution >= 4 is 0 Å². The summed E-state index contributed by atoms with van der Waals surface area (Å²) >= 11 is 0. The van der Waals surface area contributed by atoms with Gasteiger partial charge in [0.15, 0.2) is 0 Å². The molecule has 0 radical (unpaired) electrons. The van der Waals surface area contributed by atoms with Gasteiger partial charge in [0.25, 0.3) is 0 Å². The van der Waals surface area contributed by atoms with E-state index < -0.39 is 5.41 Å². The molecule has 0 spiro atoms. The molecule has 2 fully saturated rings. The fraction of sp³-hybridized carbons (Fsp3) is 0.342. The highest BCUT2D eigenvalue weighted by atomic mass is 16.5. The van der Waals surface area contributed by atoms with E-state index in [0.717, 1.165) is 62.9 Å². The molecule has 0 amide bonds. The normalized spacial score (nSPS) is 21.9. The minimum Gasteiger partial charge on any atom is -0.497 e. The maximum absolute atomic E-state index is 10.2. The second-order valence-corrected chi connectivity index (χ2v) is 11.9. The topological polar surface area (TPSA) is 48.3 Å². The van der Waals surface area contributed by atoms with Gasteiger partial charge in [-0.1, -0.05) is 103 Å². The van der Waals surface area contributed by atoms with Crippen molar-refractivity contribution in [2.45, 2.75) is 61.6 Å². The molecule has 6 rings (SSSR count). The number of hydrogen-bond acceptors (Lipinski definition) is 4. The van der Waals surface area contributed by atoms with E-state index in [1.54, 1.807) is 7.11 Å². The smallest absolute Gasteiger partial charge is 0.119 e. The van der Waals surface area contributed by atoms with Gasteiger partial charge in [0.05, 0.1) is 24.1 Å². The zero-order valence-electron chi connectivity index (χ0n) is 24.6. The minimum atomic E-state index is -0.420. The molecular formula is C38H41N3O. The first-order chi connectivity index (χ1) is 20.7. The number of likely N-dealkylation sites (tertiary alicyclic amines) is 1. The molecule has 214 valence electrons. The van der Waals surface area contributed by atoms with Crippen LogP contribution in [0.1, 0.15) is 60.8 Å². The van der Waals surface area contributed by atoms with Crippen LogP contribution in [0.3, 0.4) is 0 Å². The van der Waals surface area contributed by atoms with Crippen LogP contribution in [0.15, 0.2) is 115 Å². The summed E-state index contributed by atoms with van der Waals surface area (Å²) in [6, 6.07) is 44.8. The van der Waals surface area contributed by atoms with Gasteiger partial charge in [0.2, 0.25) is 0 Å². The summed E-state index contributed by atoms with van der Waals surface area (Å²) in [5.41, 5.74) is 4.26. The van der Waals surface area contributed by atoms with Crippen LogP contribution in [-0.2, 0) is 11.0 Å². The minimum absolute atomic E-state index is 0.345. The van der Waals surface area contributed by atoms with E-state index in [0.29, 0.717) is 12.1 Å². The molecule has 1 saturated carbocycles. The fourth-order valence-electron chi connectivity index (χ4n) is 7.46. The van der Waals surface area contributed by atoms with Gasteiger partial charge in [0.1, 0.15) is 5.75 Å². The van der Waals surface area contributed by atoms with Crippen molar-refractivity contribution < 1.29 is 4.74 Å². The molecule has 4 heteroatoms. The average Bonchev–Trinajstić information content (AvgIpc) is 3.08. The number of ether oxygens (including phenoxy) is 1. The lowest BCUT2D eigenvalue weighted by Crippen LogP contribution is -2.55. The summed E-state index contributed by atoms with van der Waals surface area (Å²) in [7, 11) is 1.69. The zero-order chi connectivity index (χ0) is 28.8. The Kier molecular flexibility index (Phi) is 8.42. The van der Waals surface area contributed by atoms with E-state index in [-0.39, 0.29) is 5.54 Å². The van der Waals surface area contributed by atoms with E-state index in [9.17, 15) is 5.26 Å². The quantitative estimate of drug-likeness (QED) is 0.230. The molecule has 1 N–H and O–H groups in total. The van der Waals surface area contributed by atoms with E-state index in [4.69, 9.17) is 4.74 Å². The van der Waals surface area contributed by atoms with Gasteiger partial charge < -0.3 is 10.1 Å². The number of benzene rings is 4. The molecule has 4 aromatic rings. The number of methoxy groups -OCH3 is 1. The van der Waals surface area contributed by atoms with Gasteiger partial charge in [-0.25, -0.2) is 0 Å². The van der Waals surface area contributed by atoms with Crippen molar-refractivity contribution in [1.82, 2.24) is 10.2 Å². The molecule has 1 heterocycles. The third kappa shape index (κ3) is 5.36. The van der Waals surface area contributed by atoms with Gasteiger partial charge in [-0.2, -0.15) is 5.26 Å². The summed E-state index contributed by atoms with van der Waals surface area (Å²) in [4.78, 5) is 2.70. The van der Waals surface area contributed by atoms with E-state index >= 15 is 0 Å². The van der Waals surface area contributed by atoms with Crippen LogP contribution >= 0.6 is 0 Å². The van der Waals surface area contributed by atoms with Gasteiger partial charge >= 0.3 is 0 Å². The molecule has 2 aliphatic rings. The van der Waals surface area contributed by atoms with E-state index in [2.05, 4.69) is 113 Å². The number of nitrogens with one attached hydrogen (secondary N) is 1. The Balaban J connectivity index is 1.18. The second-order valence-electron chi connectivity index (χ2n) is 11.9. The van der Waals surface area contributed by atoms with Gasteiger partial charge in [-0.05, 0) is 72.9 Å². The Labute approximate surface area is 251 Å². The van der Waals surface area contributed by atoms with Crippen molar-refractivity contribution in [2.75, 3.05) is 20.2 Å². The lowest BCUT2D eigenvalue weighted by molar-refractivity contribution is 0.105. The van der Waals surface area contributed by atoms with Gasteiger partial charge in [-0.15, -0.1) is 0 Å². The number of rotatable bonds is 8. The van der Waals surface area contributed by atoms with Crippen LogP contribution in [-0.4, -0.2) is 37.2 Å². The van der Waals surface area contributed by atoms with Crippen LogP contribution in [0.25, 0.3) is 0 Å². The Bertz CT molecular complexity index is 1370. The van der Waals surface area contributed by atoms with Crippen LogP contribution in [0, 0.1) is 11.3 Å². The van der Waals surface area contributed by atoms with Gasteiger partial charge in [-0.3, -0.25) is 4.90 Å². The third-order valence-electron chi connectivity index (χ3n) is 9.69. The first-order valence-corrected chi connectivity index (χ1v) is 15.4. The lowest BCUT2D eigenvalue weighted by Gasteiger charge is -2.49. The first-order valence-electron chi connectivity index (χ1n) is 15.4. The maximum Gasteiger partial charge on any atom is 0.119 e. The predicted molar refractivity (Wildman–Crippen MR) is 169 cm³/mol. The third-order valence-corrected chi connectivity index (χ3v) is 9.69. The molecule has 4 nitrogen and oxygen atoms in total. The molecule has 0 aromatic heterocycles. The van der Waals surface area contributed by atoms with Crippen molar-refractivity contribution in [3.8, 4) is 11.8 Å². The lowest BCUT2D eigenvalue weighted by atomic mass is 9.69. The van der Waals surface area contributed by atoms with Gasteiger partial charge in [0, 0.05) is 25.2 Å². The molecular weight excluding hydrogens is 514 g/mol. The van der Waals surface area contributed by atoms with E-state index in [1.165, 1.54) is 16.7 Å². The zero-order valence-corrected chi connectivity index (χ0v) is 24.6. The van der Waals surface area contributed by atoms with Crippen molar-refractivity contribution in [3.05, 3.63) is 138 Å². The number of hydrogen-bond donors (Lipinski definition) is 1. The molecule has 0 bridgehead atoms. The van der Waals surface area contributed by atoms with Crippen LogP contribution < -0.4 is 10.1 Å². The fourth-order valence-corrected chi connectivity index (χ4v) is 7.46. The van der Waals surface area contributed by atoms with Crippen LogP contribution in [0.5, 0.6) is 5.75 Å². The molecule has 1 aliphatic carbocycles. The number of nitriles is 1. The summed E-state index contributed by atoms with van der Waals surface area (Å²) < 4.78 is 5.45. The van der Waals surface area contributed by atoms with Crippen LogP contribution in [0.2, 0.25) is 0 Å². The number of nitrogens with zero attached hydrogens (tertiary/aromatic N) is 2. The van der Waals surface area contributed by atoms with Crippen molar-refractivity contribution in [3.63, 3.8) is 0 Å². The molecule has 1 aliphatic heterocycles. The standard InChI is InChI=1S/C38H41N3O/c1-42-36-19-11-18-33(28-36)37(29-39)24-20-34(21-25-37)40-35-22-26-41(27-23-35)38(30-12-5-2-6-13-30,31-14-7-3-8-15-31)32-16-9-4-10-17-32/h2-19,28,34-35,40H,20-27H2,1H3. The molecule has 42 heavy (non-hydrogen) atoms. The average molecular weight is 556 g/mol. The molecule has 4 aromatic carbocycles. The van der Waals surface area contributed by atoms with E-state index in [1.807, 2.05) is 18.2 Å². The van der Waals surface area contributed by atoms with Crippen LogP contribution in [0.4, 0.5) is 0 Å². The first kappa shape index (κ1) is 28.2. The highest BCUT2D eigenvalue weighted by Crippen LogP contribution is 2.44. The van der Waals surface area contributed by atoms with Crippen molar-refractivity contribution in [2.24, 2.45) is 0 Å². The predicted octanol–water partition coefficient (Wildman–Crippen LogP) is 7.45. The Morgan fingerprint density at radius 3 is 1.69 bits per heavy atom. The summed E-state index contributed by atoms with van der Waals surface area (Å²) in [6.45, 7) is 2.02. The Morgan fingerprint density at radius 2 is 1.21 bits per heavy atom. The molecule has 1 saturated heterocycles. The molecule has 0 unspecified atom stereocenters. The second kappa shape index (κ2) is 12.5. The summed E-state index contributed by atoms with van der Waals surface area (Å²) in [6.07, 6.45) is 6.01. The highest BCUT2D eigenvalue weighted by Gasteiger charge is 2.44. The molecule has 0 atom stereocenters. The highest BCUT2D eigenvalue weighted by molar-refractivity contribution is 5.49. The number of piperidine rings is 1. The largest absolute Gasteiger partial charge is 0.497 e. The monoisotopic (exact) mass is 555 g/mol. The van der Waals surface area contributed by atoms with Crippen molar-refractivity contribution in [1.29, 1.82) is 5.26 Å². The summed E-state index contributed by atoms with van der Waals surface area (Å²) in [5.74, 6) is 0.826. The summed E-state index contributed by atoms with van der Waals surface area (Å²) in [5, 5.41) is 14.3. The maximum atomic E-state index is 10.2. The SMILES string of the molecule is COc1cccc(C2(C#N)CCC(NC3CCN(C(c4ccccc4)(c4ccccc4)c4ccccc4)CC3)CC2)c1. The Hall–Kier alpha value is -3.91. The Morgan fingerprint density at radius 1 is 0.714 bits per heavy atom.